The van der Waals surface area contributed by atoms with Gasteiger partial charge in [-0.25, -0.2) is 9.37 Å². The Morgan fingerprint density at radius 1 is 1.32 bits per heavy atom. The Bertz CT molecular complexity index is 1020. The first-order valence-electron chi connectivity index (χ1n) is 9.35. The van der Waals surface area contributed by atoms with E-state index in [0.29, 0.717) is 32.7 Å². The Morgan fingerprint density at radius 2 is 2.25 bits per heavy atom. The lowest BCUT2D eigenvalue weighted by Gasteiger charge is -2.35. The first-order valence-corrected chi connectivity index (χ1v) is 10.3. The van der Waals surface area contributed by atoms with Crippen LogP contribution >= 0.6 is 11.3 Å². The average molecular weight is 397 g/mol. The van der Waals surface area contributed by atoms with Crippen LogP contribution in [0.1, 0.15) is 17.8 Å². The molecule has 2 aromatic heterocycles. The van der Waals surface area contributed by atoms with Crippen LogP contribution in [0.2, 0.25) is 0 Å². The summed E-state index contributed by atoms with van der Waals surface area (Å²) in [6.07, 6.45) is 3.01. The van der Waals surface area contributed by atoms with Gasteiger partial charge in [-0.05, 0) is 40.9 Å². The standard InChI is InChI=1S/C21H20FN3O2S/c22-17-3-1-2-16(9-17)18-10-23-19-11-27-21(14-25(18)19)5-6-24(13-21)20(26)8-15-4-7-28-12-15/h1-4,7,9-10,12H,5-6,8,11,13-14H2/t21-/m0/s1. The number of aromatic nitrogens is 2. The quantitative estimate of drug-likeness (QED) is 0.680. The number of amides is 1. The molecule has 3 aromatic rings. The number of hydrogen-bond donors (Lipinski definition) is 0. The van der Waals surface area contributed by atoms with Crippen molar-refractivity contribution in [2.75, 3.05) is 13.1 Å². The molecule has 0 bridgehead atoms. The van der Waals surface area contributed by atoms with Crippen LogP contribution in [0.5, 0.6) is 0 Å². The highest BCUT2D eigenvalue weighted by Crippen LogP contribution is 2.35. The summed E-state index contributed by atoms with van der Waals surface area (Å²) in [6, 6.07) is 8.56. The molecule has 4 heterocycles. The highest BCUT2D eigenvalue weighted by Gasteiger charge is 2.44. The van der Waals surface area contributed by atoms with Crippen LogP contribution in [0.15, 0.2) is 47.3 Å². The van der Waals surface area contributed by atoms with E-state index in [0.717, 1.165) is 29.1 Å². The largest absolute Gasteiger partial charge is 0.363 e. The third-order valence-corrected chi connectivity index (χ3v) is 6.35. The van der Waals surface area contributed by atoms with Gasteiger partial charge < -0.3 is 14.2 Å². The van der Waals surface area contributed by atoms with E-state index in [1.165, 1.54) is 12.1 Å². The maximum absolute atomic E-state index is 13.7. The zero-order valence-electron chi connectivity index (χ0n) is 15.3. The molecular weight excluding hydrogens is 377 g/mol. The minimum atomic E-state index is -0.403. The van der Waals surface area contributed by atoms with Crippen LogP contribution in [-0.4, -0.2) is 39.0 Å². The molecule has 5 nitrogen and oxygen atoms in total. The van der Waals surface area contributed by atoms with Crippen LogP contribution < -0.4 is 0 Å². The van der Waals surface area contributed by atoms with Gasteiger partial charge >= 0.3 is 0 Å². The molecule has 1 spiro atoms. The first-order chi connectivity index (χ1) is 13.6. The van der Waals surface area contributed by atoms with Gasteiger partial charge in [0.25, 0.3) is 0 Å². The third-order valence-electron chi connectivity index (χ3n) is 5.62. The van der Waals surface area contributed by atoms with E-state index in [1.54, 1.807) is 23.6 Å². The molecule has 144 valence electrons. The van der Waals surface area contributed by atoms with Crippen molar-refractivity contribution in [3.63, 3.8) is 0 Å². The summed E-state index contributed by atoms with van der Waals surface area (Å²) in [5.41, 5.74) is 2.35. The number of likely N-dealkylation sites (tertiary alicyclic amines) is 1. The molecule has 0 unspecified atom stereocenters. The summed E-state index contributed by atoms with van der Waals surface area (Å²) < 4.78 is 22.0. The fourth-order valence-electron chi connectivity index (χ4n) is 4.12. The molecule has 7 heteroatoms. The second-order valence-electron chi connectivity index (χ2n) is 7.50. The molecule has 2 aliphatic rings. The molecule has 1 fully saturated rings. The van der Waals surface area contributed by atoms with Crippen molar-refractivity contribution in [1.82, 2.24) is 14.5 Å². The van der Waals surface area contributed by atoms with Gasteiger partial charge in [0, 0.05) is 12.1 Å². The van der Waals surface area contributed by atoms with Crippen LogP contribution in [0.3, 0.4) is 0 Å². The second kappa shape index (κ2) is 6.83. The maximum atomic E-state index is 13.7. The molecular formula is C21H20FN3O2S. The number of thiophene rings is 1. The Hall–Kier alpha value is -2.51. The fourth-order valence-corrected chi connectivity index (χ4v) is 4.79. The molecule has 1 atom stereocenters. The highest BCUT2D eigenvalue weighted by atomic mass is 32.1. The van der Waals surface area contributed by atoms with E-state index < -0.39 is 5.60 Å². The van der Waals surface area contributed by atoms with Gasteiger partial charge in [-0.1, -0.05) is 12.1 Å². The van der Waals surface area contributed by atoms with Crippen molar-refractivity contribution in [2.45, 2.75) is 31.6 Å². The topological polar surface area (TPSA) is 47.4 Å². The third kappa shape index (κ3) is 3.14. The SMILES string of the molecule is O=C(Cc1ccsc1)N1CC[C@]2(C1)Cn1c(-c3cccc(F)c3)cnc1CO2. The lowest BCUT2D eigenvalue weighted by atomic mass is 10.0. The number of hydrogen-bond acceptors (Lipinski definition) is 4. The number of nitrogens with zero attached hydrogens (tertiary/aromatic N) is 3. The van der Waals surface area contributed by atoms with Crippen LogP contribution in [0.25, 0.3) is 11.3 Å². The zero-order chi connectivity index (χ0) is 19.1. The number of fused-ring (bicyclic) bond motifs is 1. The zero-order valence-corrected chi connectivity index (χ0v) is 16.1. The smallest absolute Gasteiger partial charge is 0.227 e. The number of imidazole rings is 1. The average Bonchev–Trinajstić information content (AvgIpc) is 3.42. The van der Waals surface area contributed by atoms with Crippen molar-refractivity contribution in [3.05, 3.63) is 64.5 Å². The molecule has 5 rings (SSSR count). The number of benzene rings is 1. The second-order valence-corrected chi connectivity index (χ2v) is 8.28. The molecule has 1 amide bonds. The van der Waals surface area contributed by atoms with Crippen LogP contribution in [0.4, 0.5) is 4.39 Å². The number of rotatable bonds is 3. The minimum Gasteiger partial charge on any atom is -0.363 e. The van der Waals surface area contributed by atoms with E-state index in [2.05, 4.69) is 9.55 Å². The van der Waals surface area contributed by atoms with Crippen LogP contribution in [0, 0.1) is 5.82 Å². The number of carbonyl (C=O) groups is 1. The predicted octanol–water partition coefficient (Wildman–Crippen LogP) is 3.49. The van der Waals surface area contributed by atoms with Crippen LogP contribution in [-0.2, 0) is 29.1 Å². The predicted molar refractivity (Wildman–Crippen MR) is 104 cm³/mol. The van der Waals surface area contributed by atoms with Crippen molar-refractivity contribution < 1.29 is 13.9 Å². The molecule has 1 aromatic carbocycles. The molecule has 0 N–H and O–H groups in total. The van der Waals surface area contributed by atoms with Gasteiger partial charge in [0.15, 0.2) is 0 Å². The monoisotopic (exact) mass is 397 g/mol. The molecule has 0 aliphatic carbocycles. The van der Waals surface area contributed by atoms with Crippen molar-refractivity contribution in [3.8, 4) is 11.3 Å². The van der Waals surface area contributed by atoms with E-state index in [9.17, 15) is 9.18 Å². The van der Waals surface area contributed by atoms with Gasteiger partial charge in [-0.2, -0.15) is 11.3 Å². The molecule has 0 saturated carbocycles. The lowest BCUT2D eigenvalue weighted by molar-refractivity contribution is -0.132. The van der Waals surface area contributed by atoms with E-state index >= 15 is 0 Å². The van der Waals surface area contributed by atoms with Crippen molar-refractivity contribution in [2.24, 2.45) is 0 Å². The highest BCUT2D eigenvalue weighted by molar-refractivity contribution is 7.08. The number of carbonyl (C=O) groups excluding carboxylic acids is 1. The molecule has 0 radical (unpaired) electrons. The normalized spacial score (nSPS) is 21.2. The van der Waals surface area contributed by atoms with Crippen molar-refractivity contribution >= 4 is 17.2 Å². The van der Waals surface area contributed by atoms with Gasteiger partial charge in [0.2, 0.25) is 5.91 Å². The summed E-state index contributed by atoms with van der Waals surface area (Å²) in [4.78, 5) is 19.0. The van der Waals surface area contributed by atoms with Gasteiger partial charge in [-0.15, -0.1) is 0 Å². The Labute approximate surface area is 166 Å². The fraction of sp³-hybridized carbons (Fsp3) is 0.333. The Morgan fingerprint density at radius 3 is 3.07 bits per heavy atom. The summed E-state index contributed by atoms with van der Waals surface area (Å²) >= 11 is 1.61. The van der Waals surface area contributed by atoms with E-state index in [4.69, 9.17) is 4.74 Å². The molecule has 28 heavy (non-hydrogen) atoms. The van der Waals surface area contributed by atoms with Gasteiger partial charge in [-0.3, -0.25) is 4.79 Å². The van der Waals surface area contributed by atoms with E-state index in [-0.39, 0.29) is 11.7 Å². The van der Waals surface area contributed by atoms with Gasteiger partial charge in [0.1, 0.15) is 23.8 Å². The number of halogens is 1. The summed E-state index contributed by atoms with van der Waals surface area (Å²) in [5.74, 6) is 0.717. The summed E-state index contributed by atoms with van der Waals surface area (Å²) in [7, 11) is 0. The van der Waals surface area contributed by atoms with Crippen molar-refractivity contribution in [1.29, 1.82) is 0 Å². The molecule has 2 aliphatic heterocycles. The van der Waals surface area contributed by atoms with Gasteiger partial charge in [0.05, 0.1) is 31.4 Å². The minimum absolute atomic E-state index is 0.139. The maximum Gasteiger partial charge on any atom is 0.227 e. The number of ether oxygens (including phenoxy) is 1. The first kappa shape index (κ1) is 17.6. The van der Waals surface area contributed by atoms with E-state index in [1.807, 2.05) is 27.8 Å². The Kier molecular flexibility index (Phi) is 4.29. The summed E-state index contributed by atoms with van der Waals surface area (Å²) in [5, 5.41) is 4.01. The molecule has 1 saturated heterocycles. The Balaban J connectivity index is 1.36. The summed E-state index contributed by atoms with van der Waals surface area (Å²) in [6.45, 7) is 2.30. The lowest BCUT2D eigenvalue weighted by Crippen LogP contribution is -2.45.